The number of benzene rings is 1. The molecular weight excluding hydrogens is 410 g/mol. The van der Waals surface area contributed by atoms with Gasteiger partial charge in [0.2, 0.25) is 11.8 Å². The smallest absolute Gasteiger partial charge is 0.239 e. The Hall–Kier alpha value is -2.19. The molecule has 1 aromatic heterocycles. The number of halogens is 1. The lowest BCUT2D eigenvalue weighted by molar-refractivity contribution is -0.119. The fourth-order valence-electron chi connectivity index (χ4n) is 3.33. The fourth-order valence-corrected chi connectivity index (χ4v) is 3.72. The molecule has 0 aliphatic heterocycles. The molecule has 2 N–H and O–H groups in total. The van der Waals surface area contributed by atoms with Crippen LogP contribution in [0.1, 0.15) is 31.7 Å². The number of aromatic nitrogens is 2. The molecule has 1 aliphatic carbocycles. The molecule has 0 radical (unpaired) electrons. The number of para-hydroxylation sites is 1. The van der Waals surface area contributed by atoms with Crippen LogP contribution in [0.3, 0.4) is 0 Å². The number of carbonyl (C=O) groups excluding carboxylic acids is 2. The van der Waals surface area contributed by atoms with E-state index in [1.165, 1.54) is 12.8 Å². The van der Waals surface area contributed by atoms with Gasteiger partial charge in [0.25, 0.3) is 0 Å². The second-order valence-electron chi connectivity index (χ2n) is 6.85. The first kappa shape index (κ1) is 19.6. The number of amides is 2. The molecule has 27 heavy (non-hydrogen) atoms. The Bertz CT molecular complexity index is 801. The Kier molecular flexibility index (Phi) is 6.63. The maximum Gasteiger partial charge on any atom is 0.239 e. The van der Waals surface area contributed by atoms with Crippen LogP contribution in [0, 0.1) is 0 Å². The summed E-state index contributed by atoms with van der Waals surface area (Å²) in [5.41, 5.74) is 0.709. The van der Waals surface area contributed by atoms with Gasteiger partial charge in [-0.05, 0) is 48.0 Å². The Morgan fingerprint density at radius 1 is 1.15 bits per heavy atom. The number of nitrogens with one attached hydrogen (secondary N) is 2. The molecule has 2 amide bonds. The molecule has 7 nitrogen and oxygen atoms in total. The van der Waals surface area contributed by atoms with E-state index in [0.717, 1.165) is 23.1 Å². The topological polar surface area (TPSA) is 79.3 Å². The van der Waals surface area contributed by atoms with E-state index in [0.29, 0.717) is 11.7 Å². The van der Waals surface area contributed by atoms with Crippen LogP contribution < -0.4 is 10.6 Å². The van der Waals surface area contributed by atoms with Gasteiger partial charge in [0.15, 0.2) is 0 Å². The molecule has 0 unspecified atom stereocenters. The molecule has 1 aliphatic rings. The summed E-state index contributed by atoms with van der Waals surface area (Å²) >= 11 is 3.40. The predicted molar refractivity (Wildman–Crippen MR) is 109 cm³/mol. The van der Waals surface area contributed by atoms with Crippen molar-refractivity contribution in [1.29, 1.82) is 0 Å². The molecule has 0 saturated heterocycles. The lowest BCUT2D eigenvalue weighted by Crippen LogP contribution is -2.36. The molecular formula is C19H24BrN5O2. The normalized spacial score (nSPS) is 14.5. The van der Waals surface area contributed by atoms with Crippen LogP contribution >= 0.6 is 15.9 Å². The third-order valence-electron chi connectivity index (χ3n) is 4.58. The SMILES string of the molecule is CN(CC(=O)Nc1ccccc1Br)CC(=O)Nc1ccnn1C1CCCC1. The molecule has 3 rings (SSSR count). The van der Waals surface area contributed by atoms with E-state index in [-0.39, 0.29) is 24.9 Å². The molecule has 0 bridgehead atoms. The van der Waals surface area contributed by atoms with Crippen molar-refractivity contribution >= 4 is 39.2 Å². The van der Waals surface area contributed by atoms with Gasteiger partial charge in [-0.2, -0.15) is 5.10 Å². The molecule has 1 heterocycles. The van der Waals surface area contributed by atoms with Crippen molar-refractivity contribution in [2.24, 2.45) is 0 Å². The van der Waals surface area contributed by atoms with Gasteiger partial charge in [-0.25, -0.2) is 4.68 Å². The van der Waals surface area contributed by atoms with Crippen molar-refractivity contribution in [2.75, 3.05) is 30.8 Å². The first-order valence-corrected chi connectivity index (χ1v) is 9.88. The highest BCUT2D eigenvalue weighted by Crippen LogP contribution is 2.31. The van der Waals surface area contributed by atoms with Gasteiger partial charge in [0.05, 0.1) is 31.0 Å². The number of likely N-dealkylation sites (N-methyl/N-ethyl adjacent to an activating group) is 1. The monoisotopic (exact) mass is 433 g/mol. The van der Waals surface area contributed by atoms with Crippen molar-refractivity contribution in [1.82, 2.24) is 14.7 Å². The van der Waals surface area contributed by atoms with Crippen molar-refractivity contribution in [3.63, 3.8) is 0 Å². The molecule has 1 saturated carbocycles. The van der Waals surface area contributed by atoms with Gasteiger partial charge in [-0.3, -0.25) is 14.5 Å². The standard InChI is InChI=1S/C19H24BrN5O2/c1-24(12-18(26)22-16-9-5-4-8-15(16)20)13-19(27)23-17-10-11-21-25(17)14-6-2-3-7-14/h4-5,8-11,14H,2-3,6-7,12-13H2,1H3,(H,22,26)(H,23,27). The van der Waals surface area contributed by atoms with E-state index >= 15 is 0 Å². The van der Waals surface area contributed by atoms with Gasteiger partial charge in [0.1, 0.15) is 5.82 Å². The molecule has 8 heteroatoms. The molecule has 1 fully saturated rings. The molecule has 1 aromatic carbocycles. The maximum atomic E-state index is 12.3. The molecule has 144 valence electrons. The Morgan fingerprint density at radius 2 is 1.81 bits per heavy atom. The van der Waals surface area contributed by atoms with Crippen molar-refractivity contribution in [3.8, 4) is 0 Å². The summed E-state index contributed by atoms with van der Waals surface area (Å²) in [7, 11) is 1.74. The van der Waals surface area contributed by atoms with E-state index in [1.807, 2.05) is 35.0 Å². The first-order valence-electron chi connectivity index (χ1n) is 9.09. The average molecular weight is 434 g/mol. The number of nitrogens with zero attached hydrogens (tertiary/aromatic N) is 3. The van der Waals surface area contributed by atoms with Crippen molar-refractivity contribution < 1.29 is 9.59 Å². The molecule has 0 spiro atoms. The second-order valence-corrected chi connectivity index (χ2v) is 7.70. The van der Waals surface area contributed by atoms with Gasteiger partial charge >= 0.3 is 0 Å². The average Bonchev–Trinajstić information content (AvgIpc) is 3.27. The van der Waals surface area contributed by atoms with Gasteiger partial charge < -0.3 is 10.6 Å². The third-order valence-corrected chi connectivity index (χ3v) is 5.27. The summed E-state index contributed by atoms with van der Waals surface area (Å²) in [6.07, 6.45) is 6.31. The Labute approximate surface area is 167 Å². The van der Waals surface area contributed by atoms with Crippen molar-refractivity contribution in [2.45, 2.75) is 31.7 Å². The quantitative estimate of drug-likeness (QED) is 0.701. The van der Waals surface area contributed by atoms with Gasteiger partial charge in [-0.1, -0.05) is 25.0 Å². The third kappa shape index (κ3) is 5.40. The number of rotatable bonds is 7. The molecule has 2 aromatic rings. The van der Waals surface area contributed by atoms with Gasteiger partial charge in [-0.15, -0.1) is 0 Å². The number of hydrogen-bond donors (Lipinski definition) is 2. The summed E-state index contributed by atoms with van der Waals surface area (Å²) in [5, 5.41) is 10.1. The van der Waals surface area contributed by atoms with E-state index in [1.54, 1.807) is 18.1 Å². The summed E-state index contributed by atoms with van der Waals surface area (Å²) < 4.78 is 2.73. The number of anilines is 2. The molecule has 0 atom stereocenters. The van der Waals surface area contributed by atoms with E-state index in [2.05, 4.69) is 31.7 Å². The highest BCUT2D eigenvalue weighted by atomic mass is 79.9. The lowest BCUT2D eigenvalue weighted by Gasteiger charge is -2.18. The zero-order valence-corrected chi connectivity index (χ0v) is 16.9. The van der Waals surface area contributed by atoms with Crippen LogP contribution in [0.15, 0.2) is 41.0 Å². The minimum Gasteiger partial charge on any atom is -0.324 e. The maximum absolute atomic E-state index is 12.3. The minimum atomic E-state index is -0.173. The lowest BCUT2D eigenvalue weighted by atomic mass is 10.2. The Balaban J connectivity index is 1.48. The van der Waals surface area contributed by atoms with Crippen LogP contribution in [0.2, 0.25) is 0 Å². The van der Waals surface area contributed by atoms with Crippen LogP contribution in [-0.4, -0.2) is 46.6 Å². The highest BCUT2D eigenvalue weighted by molar-refractivity contribution is 9.10. The Morgan fingerprint density at radius 3 is 2.52 bits per heavy atom. The van der Waals surface area contributed by atoms with E-state index in [4.69, 9.17) is 0 Å². The van der Waals surface area contributed by atoms with Crippen LogP contribution in [0.25, 0.3) is 0 Å². The number of carbonyl (C=O) groups is 2. The van der Waals surface area contributed by atoms with Crippen LogP contribution in [0.4, 0.5) is 11.5 Å². The zero-order chi connectivity index (χ0) is 19.2. The summed E-state index contributed by atoms with van der Waals surface area (Å²) in [6.45, 7) is 0.246. The highest BCUT2D eigenvalue weighted by Gasteiger charge is 2.21. The summed E-state index contributed by atoms with van der Waals surface area (Å²) in [6, 6.07) is 9.59. The summed E-state index contributed by atoms with van der Waals surface area (Å²) in [4.78, 5) is 26.2. The number of hydrogen-bond acceptors (Lipinski definition) is 4. The van der Waals surface area contributed by atoms with Crippen molar-refractivity contribution in [3.05, 3.63) is 41.0 Å². The predicted octanol–water partition coefficient (Wildman–Crippen LogP) is 3.27. The zero-order valence-electron chi connectivity index (χ0n) is 15.3. The van der Waals surface area contributed by atoms with Crippen LogP contribution in [-0.2, 0) is 9.59 Å². The first-order chi connectivity index (χ1) is 13.0. The minimum absolute atomic E-state index is 0.122. The van der Waals surface area contributed by atoms with E-state index < -0.39 is 0 Å². The van der Waals surface area contributed by atoms with Crippen LogP contribution in [0.5, 0.6) is 0 Å². The largest absolute Gasteiger partial charge is 0.324 e. The van der Waals surface area contributed by atoms with E-state index in [9.17, 15) is 9.59 Å². The summed E-state index contributed by atoms with van der Waals surface area (Å²) in [5.74, 6) is 0.386. The fraction of sp³-hybridized carbons (Fsp3) is 0.421. The van der Waals surface area contributed by atoms with Gasteiger partial charge in [0, 0.05) is 10.5 Å². The second kappa shape index (κ2) is 9.14.